The van der Waals surface area contributed by atoms with Crippen LogP contribution in [0, 0.1) is 0 Å². The quantitative estimate of drug-likeness (QED) is 0.270. The Kier molecular flexibility index (Phi) is 15.0. The van der Waals surface area contributed by atoms with E-state index in [0.717, 1.165) is 0 Å². The number of allylic oxidation sites excluding steroid dienone is 4. The van der Waals surface area contributed by atoms with Crippen LogP contribution in [0.25, 0.3) is 0 Å². The first kappa shape index (κ1) is 16.5. The maximum atomic E-state index is 2.33. The van der Waals surface area contributed by atoms with Crippen LogP contribution in [0.2, 0.25) is 0 Å². The van der Waals surface area contributed by atoms with Gasteiger partial charge in [-0.15, -0.1) is 0 Å². The molecule has 0 aromatic heterocycles. The van der Waals surface area contributed by atoms with E-state index in [-0.39, 0.29) is 0 Å². The van der Waals surface area contributed by atoms with Crippen molar-refractivity contribution in [2.75, 3.05) is 0 Å². The lowest BCUT2D eigenvalue weighted by molar-refractivity contribution is 0.583. The monoisotopic (exact) mass is 236 g/mol. The molecule has 0 heterocycles. The van der Waals surface area contributed by atoms with Crippen molar-refractivity contribution in [3.05, 3.63) is 24.3 Å². The molecule has 0 aromatic carbocycles. The number of hydrogen-bond acceptors (Lipinski definition) is 0. The molecule has 0 radical (unpaired) electrons. The topological polar surface area (TPSA) is 0 Å². The van der Waals surface area contributed by atoms with E-state index in [1.54, 1.807) is 0 Å². The van der Waals surface area contributed by atoms with E-state index in [1.807, 2.05) is 0 Å². The Morgan fingerprint density at radius 3 is 1.18 bits per heavy atom. The summed E-state index contributed by atoms with van der Waals surface area (Å²) in [6.07, 6.45) is 24.1. The van der Waals surface area contributed by atoms with E-state index in [1.165, 1.54) is 70.6 Å². The lowest BCUT2D eigenvalue weighted by Gasteiger charge is -2.00. The van der Waals surface area contributed by atoms with Gasteiger partial charge in [-0.25, -0.2) is 0 Å². The largest absolute Gasteiger partial charge is 0.0888 e. The van der Waals surface area contributed by atoms with Gasteiger partial charge in [-0.2, -0.15) is 0 Å². The van der Waals surface area contributed by atoms with E-state index < -0.39 is 0 Å². The summed E-state index contributed by atoms with van der Waals surface area (Å²) in [5.41, 5.74) is 0. The standard InChI is InChI=1S/C17H32/c1-3-5-7-9-11-13-15-17-16-14-12-10-8-6-4-2/h5-8H,3-4,9-17H2,1-2H3/b7-5-,8-6-. The average molecular weight is 236 g/mol. The predicted molar refractivity (Wildman–Crippen MR) is 80.4 cm³/mol. The maximum absolute atomic E-state index is 2.33. The van der Waals surface area contributed by atoms with Gasteiger partial charge in [0.15, 0.2) is 0 Å². The van der Waals surface area contributed by atoms with Crippen LogP contribution in [0.15, 0.2) is 24.3 Å². The highest BCUT2D eigenvalue weighted by Gasteiger charge is 1.90. The van der Waals surface area contributed by atoms with Crippen LogP contribution in [0.4, 0.5) is 0 Å². The van der Waals surface area contributed by atoms with Gasteiger partial charge in [0.05, 0.1) is 0 Å². The van der Waals surface area contributed by atoms with Crippen molar-refractivity contribution in [3.63, 3.8) is 0 Å². The summed E-state index contributed by atoms with van der Waals surface area (Å²) in [6, 6.07) is 0. The summed E-state index contributed by atoms with van der Waals surface area (Å²) in [6.45, 7) is 4.40. The molecule has 0 rings (SSSR count). The van der Waals surface area contributed by atoms with Crippen molar-refractivity contribution in [2.24, 2.45) is 0 Å². The second-order valence-electron chi connectivity index (χ2n) is 4.81. The lowest BCUT2D eigenvalue weighted by Crippen LogP contribution is -1.80. The molecular formula is C17H32. The molecule has 0 unspecified atom stereocenters. The molecule has 0 N–H and O–H groups in total. The van der Waals surface area contributed by atoms with E-state index in [0.29, 0.717) is 0 Å². The van der Waals surface area contributed by atoms with Crippen LogP contribution in [-0.4, -0.2) is 0 Å². The first-order valence-electron chi connectivity index (χ1n) is 7.71. The van der Waals surface area contributed by atoms with Crippen molar-refractivity contribution < 1.29 is 0 Å². The third-order valence-corrected chi connectivity index (χ3v) is 3.05. The molecule has 0 aliphatic carbocycles. The van der Waals surface area contributed by atoms with Crippen molar-refractivity contribution in [1.29, 1.82) is 0 Å². The average Bonchev–Trinajstić information content (AvgIpc) is 2.35. The first-order chi connectivity index (χ1) is 8.41. The van der Waals surface area contributed by atoms with E-state index in [9.17, 15) is 0 Å². The summed E-state index contributed by atoms with van der Waals surface area (Å²) in [4.78, 5) is 0. The molecule has 0 spiro atoms. The molecule has 17 heavy (non-hydrogen) atoms. The van der Waals surface area contributed by atoms with Crippen LogP contribution in [0.1, 0.15) is 84.5 Å². The molecule has 0 bridgehead atoms. The number of unbranched alkanes of at least 4 members (excludes halogenated alkanes) is 8. The number of rotatable bonds is 12. The SMILES string of the molecule is CC/C=C\CCCCCCCCC/C=C\CC. The minimum absolute atomic E-state index is 1.19. The molecular weight excluding hydrogens is 204 g/mol. The molecule has 0 aromatic rings. The highest BCUT2D eigenvalue weighted by Crippen LogP contribution is 2.10. The normalized spacial score (nSPS) is 11.9. The molecule has 0 aliphatic heterocycles. The lowest BCUT2D eigenvalue weighted by atomic mass is 10.1. The zero-order valence-electron chi connectivity index (χ0n) is 12.1. The Balaban J connectivity index is 2.98. The summed E-state index contributed by atoms with van der Waals surface area (Å²) in [5, 5.41) is 0. The molecule has 0 amide bonds. The smallest absolute Gasteiger partial charge is 0.0351 e. The fourth-order valence-corrected chi connectivity index (χ4v) is 1.98. The van der Waals surface area contributed by atoms with Gasteiger partial charge >= 0.3 is 0 Å². The van der Waals surface area contributed by atoms with E-state index in [2.05, 4.69) is 38.2 Å². The summed E-state index contributed by atoms with van der Waals surface area (Å²) >= 11 is 0. The molecule has 0 saturated carbocycles. The Bertz CT molecular complexity index is 156. The summed E-state index contributed by atoms with van der Waals surface area (Å²) in [7, 11) is 0. The Hall–Kier alpha value is -0.520. The first-order valence-corrected chi connectivity index (χ1v) is 7.71. The fraction of sp³-hybridized carbons (Fsp3) is 0.765. The van der Waals surface area contributed by atoms with Crippen LogP contribution in [0.5, 0.6) is 0 Å². The molecule has 0 atom stereocenters. The zero-order valence-corrected chi connectivity index (χ0v) is 12.1. The summed E-state index contributed by atoms with van der Waals surface area (Å²) < 4.78 is 0. The Morgan fingerprint density at radius 1 is 0.471 bits per heavy atom. The van der Waals surface area contributed by atoms with Crippen LogP contribution in [0.3, 0.4) is 0 Å². The Morgan fingerprint density at radius 2 is 0.824 bits per heavy atom. The van der Waals surface area contributed by atoms with Gasteiger partial charge in [-0.05, 0) is 38.5 Å². The number of hydrogen-bond donors (Lipinski definition) is 0. The van der Waals surface area contributed by atoms with Gasteiger partial charge in [-0.3, -0.25) is 0 Å². The van der Waals surface area contributed by atoms with E-state index >= 15 is 0 Å². The molecule has 0 aliphatic rings. The van der Waals surface area contributed by atoms with Gasteiger partial charge in [0.1, 0.15) is 0 Å². The van der Waals surface area contributed by atoms with Gasteiger partial charge < -0.3 is 0 Å². The second-order valence-corrected chi connectivity index (χ2v) is 4.81. The molecule has 0 nitrogen and oxygen atoms in total. The molecule has 0 fully saturated rings. The van der Waals surface area contributed by atoms with Crippen molar-refractivity contribution in [1.82, 2.24) is 0 Å². The van der Waals surface area contributed by atoms with Gasteiger partial charge in [0, 0.05) is 0 Å². The van der Waals surface area contributed by atoms with E-state index in [4.69, 9.17) is 0 Å². The Labute approximate surface area is 109 Å². The molecule has 0 saturated heterocycles. The van der Waals surface area contributed by atoms with Crippen LogP contribution in [-0.2, 0) is 0 Å². The highest BCUT2D eigenvalue weighted by molar-refractivity contribution is 4.80. The minimum atomic E-state index is 1.19. The third-order valence-electron chi connectivity index (χ3n) is 3.05. The fourth-order valence-electron chi connectivity index (χ4n) is 1.98. The van der Waals surface area contributed by atoms with Crippen molar-refractivity contribution >= 4 is 0 Å². The second kappa shape index (κ2) is 15.5. The van der Waals surface area contributed by atoms with Crippen LogP contribution < -0.4 is 0 Å². The molecule has 100 valence electrons. The minimum Gasteiger partial charge on any atom is -0.0888 e. The van der Waals surface area contributed by atoms with Crippen molar-refractivity contribution in [3.8, 4) is 0 Å². The highest BCUT2D eigenvalue weighted by atomic mass is 14.0. The summed E-state index contributed by atoms with van der Waals surface area (Å²) in [5.74, 6) is 0. The van der Waals surface area contributed by atoms with Gasteiger partial charge in [-0.1, -0.05) is 70.3 Å². The predicted octanol–water partition coefficient (Wildman–Crippen LogP) is 6.43. The van der Waals surface area contributed by atoms with Gasteiger partial charge in [0.2, 0.25) is 0 Å². The van der Waals surface area contributed by atoms with Crippen LogP contribution >= 0.6 is 0 Å². The van der Waals surface area contributed by atoms with Gasteiger partial charge in [0.25, 0.3) is 0 Å². The third kappa shape index (κ3) is 15.5. The van der Waals surface area contributed by atoms with Crippen molar-refractivity contribution in [2.45, 2.75) is 84.5 Å². The molecule has 0 heteroatoms. The zero-order chi connectivity index (χ0) is 12.6. The maximum Gasteiger partial charge on any atom is -0.0351 e.